The third kappa shape index (κ3) is 5.32. The molecule has 1 aromatic carbocycles. The van der Waals surface area contributed by atoms with Gasteiger partial charge in [0.1, 0.15) is 4.24 Å². The average Bonchev–Trinajstić information content (AvgIpc) is 3.11. The number of pyridine rings is 1. The maximum atomic E-state index is 12.9. The van der Waals surface area contributed by atoms with Gasteiger partial charge in [0, 0.05) is 23.1 Å². The molecular weight excluding hydrogens is 440 g/mol. The number of carbonyl (C=O) groups is 2. The Bertz CT molecular complexity index is 1170. The lowest BCUT2D eigenvalue weighted by atomic mass is 10.1. The molecule has 0 fully saturated rings. The first-order chi connectivity index (χ1) is 14.7. The Kier molecular flexibility index (Phi) is 6.78. The molecule has 1 aromatic heterocycles. The van der Waals surface area contributed by atoms with E-state index < -0.39 is 21.9 Å². The topological polar surface area (TPSA) is 140 Å². The fourth-order valence-electron chi connectivity index (χ4n) is 2.74. The quantitative estimate of drug-likeness (QED) is 0.258. The highest BCUT2D eigenvalue weighted by molar-refractivity contribution is 8.20. The summed E-state index contributed by atoms with van der Waals surface area (Å²) in [5.74, 6) is -1.63. The molecule has 0 bridgehead atoms. The molecule has 2 aromatic rings. The number of amides is 1. The highest BCUT2D eigenvalue weighted by Crippen LogP contribution is 2.37. The number of anilines is 1. The van der Waals surface area contributed by atoms with Crippen molar-refractivity contribution in [2.75, 3.05) is 11.9 Å². The van der Waals surface area contributed by atoms with Gasteiger partial charge in [-0.1, -0.05) is 30.0 Å². The number of carbonyl (C=O) groups excluding carboxylic acids is 2. The number of esters is 1. The number of nitrogens with zero attached hydrogens (tertiary/aromatic N) is 1. The smallest absolute Gasteiger partial charge is 0.346 e. The maximum Gasteiger partial charge on any atom is 0.346 e. The van der Waals surface area contributed by atoms with E-state index in [1.54, 1.807) is 37.4 Å². The van der Waals surface area contributed by atoms with Crippen LogP contribution < -0.4 is 15.8 Å². The van der Waals surface area contributed by atoms with Crippen molar-refractivity contribution in [2.24, 2.45) is 5.14 Å². The van der Waals surface area contributed by atoms with Crippen molar-refractivity contribution < 1.29 is 22.7 Å². The van der Waals surface area contributed by atoms with E-state index in [2.05, 4.69) is 15.6 Å². The molecular formula is C20H20N4O5S2. The van der Waals surface area contributed by atoms with E-state index in [-0.39, 0.29) is 27.1 Å². The number of hydrogen-bond acceptors (Lipinski definition) is 8. The second kappa shape index (κ2) is 9.33. The van der Waals surface area contributed by atoms with Gasteiger partial charge in [0.25, 0.3) is 5.91 Å². The largest absolute Gasteiger partial charge is 0.462 e. The zero-order chi connectivity index (χ0) is 22.6. The number of aromatic nitrogens is 1. The fraction of sp³-hybridized carbons (Fsp3) is 0.150. The minimum Gasteiger partial charge on any atom is -0.462 e. The molecule has 1 aliphatic rings. The molecule has 0 atom stereocenters. The molecule has 9 nitrogen and oxygen atoms in total. The molecule has 4 N–H and O–H groups in total. The first-order valence-electron chi connectivity index (χ1n) is 9.13. The first-order valence-corrected chi connectivity index (χ1v) is 11.5. The predicted octanol–water partition coefficient (Wildman–Crippen LogP) is 2.28. The third-order valence-electron chi connectivity index (χ3n) is 4.10. The number of nitrogens with one attached hydrogen (secondary N) is 2. The molecule has 162 valence electrons. The lowest BCUT2D eigenvalue weighted by Crippen LogP contribution is -2.26. The lowest BCUT2D eigenvalue weighted by molar-refractivity contribution is -0.139. The Morgan fingerprint density at radius 1 is 1.19 bits per heavy atom. The highest BCUT2D eigenvalue weighted by Gasteiger charge is 2.33. The molecule has 0 saturated heterocycles. The van der Waals surface area contributed by atoms with E-state index in [1.807, 2.05) is 18.2 Å². The van der Waals surface area contributed by atoms with Crippen LogP contribution in [0, 0.1) is 0 Å². The summed E-state index contributed by atoms with van der Waals surface area (Å²) in [5, 5.41) is 10.6. The monoisotopic (exact) mass is 460 g/mol. The number of benzene rings is 1. The normalized spacial score (nSPS) is 15.3. The predicted molar refractivity (Wildman–Crippen MR) is 118 cm³/mol. The van der Waals surface area contributed by atoms with Gasteiger partial charge in [-0.15, -0.1) is 0 Å². The summed E-state index contributed by atoms with van der Waals surface area (Å²) < 4.78 is 28.3. The van der Waals surface area contributed by atoms with Gasteiger partial charge in [0.05, 0.1) is 17.3 Å². The van der Waals surface area contributed by atoms with Crippen LogP contribution in [0.1, 0.15) is 13.8 Å². The molecule has 2 heterocycles. The SMILES string of the molecule is CCOC(=O)C(C(=O)Nc1ccc(-c2ccccn2)cc1)=C1NC(C)=C(S(N)(=O)=O)S1. The van der Waals surface area contributed by atoms with Crippen LogP contribution in [0.15, 0.2) is 69.2 Å². The van der Waals surface area contributed by atoms with Gasteiger partial charge >= 0.3 is 5.97 Å². The summed E-state index contributed by atoms with van der Waals surface area (Å²) in [5.41, 5.74) is 1.94. The summed E-state index contributed by atoms with van der Waals surface area (Å²) in [6.45, 7) is 3.13. The van der Waals surface area contributed by atoms with Gasteiger partial charge in [-0.25, -0.2) is 18.4 Å². The number of nitrogens with two attached hydrogens (primary N) is 1. The van der Waals surface area contributed by atoms with E-state index in [9.17, 15) is 18.0 Å². The average molecular weight is 461 g/mol. The van der Waals surface area contributed by atoms with Crippen LogP contribution in [-0.2, 0) is 24.3 Å². The molecule has 11 heteroatoms. The summed E-state index contributed by atoms with van der Waals surface area (Å²) in [7, 11) is -4.02. The Morgan fingerprint density at radius 2 is 1.90 bits per heavy atom. The molecule has 1 aliphatic heterocycles. The molecule has 31 heavy (non-hydrogen) atoms. The van der Waals surface area contributed by atoms with Crippen molar-refractivity contribution in [3.8, 4) is 11.3 Å². The Hall–Kier alpha value is -3.15. The lowest BCUT2D eigenvalue weighted by Gasteiger charge is -2.12. The van der Waals surface area contributed by atoms with Crippen LogP contribution in [0.3, 0.4) is 0 Å². The number of allylic oxidation sites excluding steroid dienone is 1. The zero-order valence-electron chi connectivity index (χ0n) is 16.7. The van der Waals surface area contributed by atoms with Gasteiger partial charge in [0.15, 0.2) is 5.57 Å². The summed E-state index contributed by atoms with van der Waals surface area (Å²) in [6.07, 6.45) is 1.68. The molecule has 3 rings (SSSR count). The summed E-state index contributed by atoms with van der Waals surface area (Å²) in [6, 6.07) is 12.4. The number of sulfonamides is 1. The zero-order valence-corrected chi connectivity index (χ0v) is 18.3. The van der Waals surface area contributed by atoms with Crippen LogP contribution in [0.2, 0.25) is 0 Å². The number of thioether (sulfide) groups is 1. The molecule has 1 amide bonds. The van der Waals surface area contributed by atoms with Gasteiger partial charge < -0.3 is 15.4 Å². The van der Waals surface area contributed by atoms with E-state index in [4.69, 9.17) is 9.88 Å². The van der Waals surface area contributed by atoms with Crippen molar-refractivity contribution in [3.05, 3.63) is 69.2 Å². The second-order valence-corrected chi connectivity index (χ2v) is 9.13. The van der Waals surface area contributed by atoms with E-state index in [0.717, 1.165) is 11.3 Å². The molecule has 0 saturated carbocycles. The Labute approximate surface area is 183 Å². The fourth-order valence-corrected chi connectivity index (χ4v) is 4.81. The molecule has 0 unspecified atom stereocenters. The van der Waals surface area contributed by atoms with Gasteiger partial charge in [-0.05, 0) is 38.1 Å². The van der Waals surface area contributed by atoms with Gasteiger partial charge in [-0.3, -0.25) is 9.78 Å². The number of rotatable bonds is 6. The third-order valence-corrected chi connectivity index (χ3v) is 6.87. The van der Waals surface area contributed by atoms with E-state index in [1.165, 1.54) is 6.92 Å². The van der Waals surface area contributed by atoms with Crippen molar-refractivity contribution in [2.45, 2.75) is 13.8 Å². The van der Waals surface area contributed by atoms with Crippen molar-refractivity contribution in [1.82, 2.24) is 10.3 Å². The molecule has 0 aliphatic carbocycles. The van der Waals surface area contributed by atoms with Gasteiger partial charge in [-0.2, -0.15) is 0 Å². The standard InChI is InChI=1S/C20H20N4O5S2/c1-3-29-19(26)16(18-23-12(2)20(30-18)31(21,27)28)17(25)24-14-9-7-13(8-10-14)15-6-4-5-11-22-15/h4-11,23H,3H2,1-2H3,(H,24,25)(H2,21,27,28). The summed E-state index contributed by atoms with van der Waals surface area (Å²) in [4.78, 5) is 29.6. The van der Waals surface area contributed by atoms with Crippen LogP contribution in [0.4, 0.5) is 5.69 Å². The number of primary sulfonamides is 1. The van der Waals surface area contributed by atoms with Crippen LogP contribution >= 0.6 is 11.8 Å². The van der Waals surface area contributed by atoms with Crippen molar-refractivity contribution in [3.63, 3.8) is 0 Å². The minimum atomic E-state index is -4.02. The first kappa shape index (κ1) is 22.5. The van der Waals surface area contributed by atoms with E-state index in [0.29, 0.717) is 17.4 Å². The van der Waals surface area contributed by atoms with E-state index >= 15 is 0 Å². The highest BCUT2D eigenvalue weighted by atomic mass is 32.3. The van der Waals surface area contributed by atoms with Crippen LogP contribution in [0.25, 0.3) is 11.3 Å². The van der Waals surface area contributed by atoms with Crippen molar-refractivity contribution >= 4 is 39.3 Å². The Morgan fingerprint density at radius 3 is 2.45 bits per heavy atom. The minimum absolute atomic E-state index is 0.0302. The summed E-state index contributed by atoms with van der Waals surface area (Å²) >= 11 is 0.692. The molecule has 0 spiro atoms. The van der Waals surface area contributed by atoms with Crippen LogP contribution in [0.5, 0.6) is 0 Å². The number of hydrogen-bond donors (Lipinski definition) is 3. The number of ether oxygens (including phenoxy) is 1. The maximum absolute atomic E-state index is 12.9. The van der Waals surface area contributed by atoms with Gasteiger partial charge in [0.2, 0.25) is 10.0 Å². The van der Waals surface area contributed by atoms with Crippen LogP contribution in [-0.4, -0.2) is 31.9 Å². The van der Waals surface area contributed by atoms with Crippen molar-refractivity contribution in [1.29, 1.82) is 0 Å². The Balaban J connectivity index is 1.86. The second-order valence-electron chi connectivity index (χ2n) is 6.36. The molecule has 0 radical (unpaired) electrons.